The van der Waals surface area contributed by atoms with Crippen LogP contribution in [0.4, 0.5) is 5.82 Å². The molecule has 5 rings (SSSR count). The molecule has 2 radical (unpaired) electrons. The van der Waals surface area contributed by atoms with Crippen molar-refractivity contribution >= 4 is 21.0 Å². The van der Waals surface area contributed by atoms with Gasteiger partial charge in [-0.25, -0.2) is 9.97 Å². The highest BCUT2D eigenvalue weighted by Gasteiger charge is 2.29. The predicted octanol–water partition coefficient (Wildman–Crippen LogP) is 2.74. The maximum absolute atomic E-state index is 5.59. The Kier molecular flexibility index (Phi) is 4.13. The van der Waals surface area contributed by atoms with Crippen molar-refractivity contribution in [2.24, 2.45) is 0 Å². The Morgan fingerprint density at radius 1 is 1.33 bits per heavy atom. The van der Waals surface area contributed by atoms with Gasteiger partial charge in [-0.3, -0.25) is 4.40 Å². The Bertz CT molecular complexity index is 982. The van der Waals surface area contributed by atoms with Crippen LogP contribution < -0.4 is 15.4 Å². The number of ether oxygens (including phenoxy) is 1. The Hall–Kier alpha value is -2.38. The predicted molar refractivity (Wildman–Crippen MR) is 108 cm³/mol. The molecule has 2 aliphatic rings. The summed E-state index contributed by atoms with van der Waals surface area (Å²) in [7, 11) is 2.62. The van der Waals surface area contributed by atoms with Crippen LogP contribution >= 0.6 is 0 Å². The van der Waals surface area contributed by atoms with Gasteiger partial charge in [0.25, 0.3) is 0 Å². The minimum atomic E-state index is 0.462. The Morgan fingerprint density at radius 3 is 2.93 bits per heavy atom. The van der Waals surface area contributed by atoms with Gasteiger partial charge in [0.2, 0.25) is 0 Å². The third-order valence-corrected chi connectivity index (χ3v) is 6.72. The summed E-state index contributed by atoms with van der Waals surface area (Å²) in [5.74, 6) is 2.47. The van der Waals surface area contributed by atoms with Crippen LogP contribution in [-0.4, -0.2) is 49.2 Å². The minimum absolute atomic E-state index is 0.462. The van der Waals surface area contributed by atoms with Crippen LogP contribution in [0.25, 0.3) is 17.0 Å². The average molecular weight is 378 g/mol. The second-order valence-electron chi connectivity index (χ2n) is 7.28. The molecule has 0 spiro atoms. The third-order valence-electron chi connectivity index (χ3n) is 5.49. The molecule has 0 amide bonds. The van der Waals surface area contributed by atoms with Gasteiger partial charge in [0.05, 0.1) is 40.3 Å². The lowest BCUT2D eigenvalue weighted by molar-refractivity contribution is 0.409. The molecule has 1 unspecified atom stereocenters. The van der Waals surface area contributed by atoms with Crippen LogP contribution in [0.15, 0.2) is 36.7 Å². The molecule has 6 nitrogen and oxygen atoms in total. The Labute approximate surface area is 161 Å². The van der Waals surface area contributed by atoms with Gasteiger partial charge in [0, 0.05) is 30.0 Å². The highest BCUT2D eigenvalue weighted by atomic mass is 28.2. The van der Waals surface area contributed by atoms with Crippen molar-refractivity contribution in [2.45, 2.75) is 37.0 Å². The molecular formula is C20H23N5OSi. The third kappa shape index (κ3) is 3.00. The maximum Gasteiger partial charge on any atom is 0.140 e. The molecule has 1 saturated heterocycles. The van der Waals surface area contributed by atoms with Crippen LogP contribution in [0.3, 0.4) is 0 Å². The van der Waals surface area contributed by atoms with E-state index in [1.807, 2.05) is 24.4 Å². The van der Waals surface area contributed by atoms with Gasteiger partial charge in [-0.15, -0.1) is 0 Å². The zero-order chi connectivity index (χ0) is 18.4. The van der Waals surface area contributed by atoms with E-state index in [0.29, 0.717) is 17.6 Å². The largest absolute Gasteiger partial charge is 0.496 e. The normalized spacial score (nSPS) is 21.9. The van der Waals surface area contributed by atoms with Crippen LogP contribution in [0.2, 0.25) is 6.55 Å². The van der Waals surface area contributed by atoms with Crippen LogP contribution in [0.1, 0.15) is 24.3 Å². The molecule has 0 bridgehead atoms. The number of imidazole rings is 1. The number of hydrogen-bond acceptors (Lipinski definition) is 5. The summed E-state index contributed by atoms with van der Waals surface area (Å²) in [5.41, 5.74) is 4.66. The zero-order valence-corrected chi connectivity index (χ0v) is 16.6. The molecular weight excluding hydrogens is 354 g/mol. The first-order valence-corrected chi connectivity index (χ1v) is 11.0. The molecule has 3 aromatic rings. The van der Waals surface area contributed by atoms with Crippen molar-refractivity contribution in [1.82, 2.24) is 19.7 Å². The number of rotatable bonds is 6. The Morgan fingerprint density at radius 2 is 2.22 bits per heavy atom. The lowest BCUT2D eigenvalue weighted by Crippen LogP contribution is -2.63. The van der Waals surface area contributed by atoms with Crippen LogP contribution in [0.5, 0.6) is 5.75 Å². The first-order valence-electron chi connectivity index (χ1n) is 9.46. The lowest BCUT2D eigenvalue weighted by Gasteiger charge is -2.38. The number of methoxy groups -OCH3 is 1. The van der Waals surface area contributed by atoms with Gasteiger partial charge in [0.15, 0.2) is 0 Å². The molecule has 27 heavy (non-hydrogen) atoms. The summed E-state index contributed by atoms with van der Waals surface area (Å²) in [4.78, 5) is 9.44. The van der Waals surface area contributed by atoms with E-state index in [4.69, 9.17) is 9.72 Å². The number of pyridine rings is 2. The van der Waals surface area contributed by atoms with E-state index in [2.05, 4.69) is 38.8 Å². The summed E-state index contributed by atoms with van der Waals surface area (Å²) in [6, 6.07) is 8.65. The van der Waals surface area contributed by atoms with Crippen molar-refractivity contribution in [1.29, 1.82) is 0 Å². The van der Waals surface area contributed by atoms with Gasteiger partial charge < -0.3 is 15.4 Å². The van der Waals surface area contributed by atoms with E-state index in [1.165, 1.54) is 18.4 Å². The maximum atomic E-state index is 5.59. The summed E-state index contributed by atoms with van der Waals surface area (Å²) >= 11 is 0. The highest BCUT2D eigenvalue weighted by Crippen LogP contribution is 2.44. The molecule has 138 valence electrons. The van der Waals surface area contributed by atoms with Gasteiger partial charge in [-0.05, 0) is 30.9 Å². The van der Waals surface area contributed by atoms with E-state index in [1.54, 1.807) is 7.11 Å². The van der Waals surface area contributed by atoms with E-state index < -0.39 is 0 Å². The topological polar surface area (TPSA) is 63.5 Å². The van der Waals surface area contributed by atoms with Gasteiger partial charge in [0.1, 0.15) is 17.2 Å². The summed E-state index contributed by atoms with van der Waals surface area (Å²) in [6.07, 6.45) is 6.55. The molecule has 2 fully saturated rings. The first-order chi connectivity index (χ1) is 13.3. The average Bonchev–Trinajstić information content (AvgIpc) is 3.44. The summed E-state index contributed by atoms with van der Waals surface area (Å²) in [6.45, 7) is 3.23. The number of aromatic nitrogens is 3. The van der Waals surface area contributed by atoms with Crippen LogP contribution in [0, 0.1) is 0 Å². The molecule has 7 heteroatoms. The quantitative estimate of drug-likeness (QED) is 0.647. The molecule has 1 aliphatic heterocycles. The second kappa shape index (κ2) is 6.65. The van der Waals surface area contributed by atoms with Crippen molar-refractivity contribution in [3.63, 3.8) is 0 Å². The monoisotopic (exact) mass is 377 g/mol. The van der Waals surface area contributed by atoms with Crippen molar-refractivity contribution in [2.75, 3.05) is 19.0 Å². The van der Waals surface area contributed by atoms with E-state index in [9.17, 15) is 0 Å². The number of fused-ring (bicyclic) bond motifs is 1. The molecule has 0 aromatic carbocycles. The number of anilines is 1. The molecule has 4 heterocycles. The highest BCUT2D eigenvalue weighted by molar-refractivity contribution is 6.36. The second-order valence-corrected chi connectivity index (χ2v) is 8.48. The van der Waals surface area contributed by atoms with Crippen LogP contribution in [-0.2, 0) is 0 Å². The van der Waals surface area contributed by atoms with Crippen molar-refractivity contribution < 1.29 is 4.74 Å². The van der Waals surface area contributed by atoms with Gasteiger partial charge in [-0.1, -0.05) is 12.6 Å². The van der Waals surface area contributed by atoms with Gasteiger partial charge in [-0.2, -0.15) is 0 Å². The SMILES string of the molecule is COc1cc2ncc(-c3cccc(N[C@@H]4CNC4[Si]C)n3)n2cc1C1CC1. The number of nitrogens with one attached hydrogen (secondary N) is 2. The molecule has 2 N–H and O–H groups in total. The fourth-order valence-electron chi connectivity index (χ4n) is 3.73. The van der Waals surface area contributed by atoms with Gasteiger partial charge >= 0.3 is 0 Å². The Balaban J connectivity index is 1.50. The number of nitrogens with zero attached hydrogens (tertiary/aromatic N) is 3. The lowest BCUT2D eigenvalue weighted by atomic mass is 10.1. The van der Waals surface area contributed by atoms with E-state index >= 15 is 0 Å². The first kappa shape index (κ1) is 16.8. The van der Waals surface area contributed by atoms with Crippen molar-refractivity contribution in [3.05, 3.63) is 42.2 Å². The minimum Gasteiger partial charge on any atom is -0.496 e. The molecule has 1 saturated carbocycles. The molecule has 1 aliphatic carbocycles. The fourth-order valence-corrected chi connectivity index (χ4v) is 4.65. The molecule has 3 aromatic heterocycles. The number of hydrogen-bond donors (Lipinski definition) is 2. The smallest absolute Gasteiger partial charge is 0.140 e. The zero-order valence-electron chi connectivity index (χ0n) is 15.6. The summed E-state index contributed by atoms with van der Waals surface area (Å²) < 4.78 is 7.73. The van der Waals surface area contributed by atoms with E-state index in [-0.39, 0.29) is 0 Å². The fraction of sp³-hybridized carbons (Fsp3) is 0.400. The molecule has 2 atom stereocenters. The van der Waals surface area contributed by atoms with Crippen molar-refractivity contribution in [3.8, 4) is 17.1 Å². The summed E-state index contributed by atoms with van der Waals surface area (Å²) in [5, 5.41) is 7.03. The van der Waals surface area contributed by atoms with E-state index in [0.717, 1.165) is 44.7 Å². The standard InChI is InChI=1S/C20H23N5OSi/c1-26-17-8-19-21-10-16(25(19)11-13(17)12-6-7-12)14-4-3-5-18(23-14)24-15-9-22-20(15)27-2/h3-5,8,10-12,15,20,22H,6-7,9H2,1-2H3,(H,23,24)/t15-,20?/m1/s1.